The van der Waals surface area contributed by atoms with Gasteiger partial charge in [-0.15, -0.1) is 0 Å². The molecule has 27 heavy (non-hydrogen) atoms. The minimum atomic E-state index is -0.304. The Kier molecular flexibility index (Phi) is 3.76. The average molecular weight is 357 g/mol. The van der Waals surface area contributed by atoms with Crippen LogP contribution in [0.5, 0.6) is 0 Å². The van der Waals surface area contributed by atoms with E-state index in [4.69, 9.17) is 4.98 Å². The van der Waals surface area contributed by atoms with Crippen molar-refractivity contribution < 1.29 is 4.79 Å². The van der Waals surface area contributed by atoms with E-state index in [0.717, 1.165) is 48.2 Å². The fourth-order valence-corrected chi connectivity index (χ4v) is 4.75. The molecule has 1 amide bonds. The molecule has 0 aliphatic carbocycles. The van der Waals surface area contributed by atoms with Crippen molar-refractivity contribution >= 4 is 22.6 Å². The summed E-state index contributed by atoms with van der Waals surface area (Å²) in [5.41, 5.74) is 4.28. The molecule has 1 N–H and O–H groups in total. The van der Waals surface area contributed by atoms with Crippen molar-refractivity contribution in [3.8, 4) is 0 Å². The van der Waals surface area contributed by atoms with Crippen LogP contribution in [0.4, 0.5) is 5.82 Å². The Labute approximate surface area is 159 Å². The first kappa shape index (κ1) is 16.5. The zero-order valence-electron chi connectivity index (χ0n) is 15.5. The summed E-state index contributed by atoms with van der Waals surface area (Å²) < 4.78 is 0. The summed E-state index contributed by atoms with van der Waals surface area (Å²) in [5, 5.41) is 4.56. The van der Waals surface area contributed by atoms with Gasteiger partial charge in [0.2, 0.25) is 5.91 Å². The number of anilines is 1. The highest BCUT2D eigenvalue weighted by Crippen LogP contribution is 2.44. The maximum atomic E-state index is 13.3. The summed E-state index contributed by atoms with van der Waals surface area (Å²) in [7, 11) is 0. The van der Waals surface area contributed by atoms with Crippen molar-refractivity contribution in [3.05, 3.63) is 71.3 Å². The molecule has 5 rings (SSSR count). The van der Waals surface area contributed by atoms with Gasteiger partial charge in [-0.2, -0.15) is 0 Å². The van der Waals surface area contributed by atoms with E-state index in [9.17, 15) is 4.79 Å². The van der Waals surface area contributed by atoms with Gasteiger partial charge in [0.05, 0.1) is 17.5 Å². The zero-order valence-corrected chi connectivity index (χ0v) is 15.5. The highest BCUT2D eigenvalue weighted by atomic mass is 16.2. The van der Waals surface area contributed by atoms with E-state index in [0.29, 0.717) is 6.42 Å². The van der Waals surface area contributed by atoms with Crippen LogP contribution in [0.15, 0.2) is 54.6 Å². The minimum absolute atomic E-state index is 0.148. The predicted molar refractivity (Wildman–Crippen MR) is 108 cm³/mol. The number of hydrogen-bond acceptors (Lipinski definition) is 3. The number of nitrogens with one attached hydrogen (secondary N) is 1. The number of nitrogens with zero attached hydrogens (tertiary/aromatic N) is 2. The molecule has 2 aliphatic heterocycles. The first-order chi connectivity index (χ1) is 13.2. The van der Waals surface area contributed by atoms with Gasteiger partial charge in [-0.1, -0.05) is 36.4 Å². The molecular weight excluding hydrogens is 334 g/mol. The third-order valence-corrected chi connectivity index (χ3v) is 6.03. The van der Waals surface area contributed by atoms with Crippen molar-refractivity contribution in [1.29, 1.82) is 0 Å². The number of amides is 1. The molecule has 0 radical (unpaired) electrons. The van der Waals surface area contributed by atoms with Crippen LogP contribution in [-0.4, -0.2) is 24.0 Å². The van der Waals surface area contributed by atoms with Crippen LogP contribution >= 0.6 is 0 Å². The van der Waals surface area contributed by atoms with Crippen LogP contribution in [0.1, 0.15) is 29.5 Å². The molecule has 1 spiro atoms. The van der Waals surface area contributed by atoms with Gasteiger partial charge >= 0.3 is 0 Å². The van der Waals surface area contributed by atoms with Crippen molar-refractivity contribution in [2.75, 3.05) is 18.0 Å². The lowest BCUT2D eigenvalue weighted by molar-refractivity contribution is -0.120. The van der Waals surface area contributed by atoms with Gasteiger partial charge in [0.15, 0.2) is 0 Å². The van der Waals surface area contributed by atoms with Gasteiger partial charge in [0, 0.05) is 5.39 Å². The Morgan fingerprint density at radius 1 is 1.04 bits per heavy atom. The van der Waals surface area contributed by atoms with Crippen LogP contribution in [0.2, 0.25) is 0 Å². The summed E-state index contributed by atoms with van der Waals surface area (Å²) in [5.74, 6) is 0.921. The van der Waals surface area contributed by atoms with E-state index in [1.165, 1.54) is 11.1 Å². The molecule has 4 nitrogen and oxygen atoms in total. The van der Waals surface area contributed by atoms with Gasteiger partial charge in [-0.25, -0.2) is 4.98 Å². The monoisotopic (exact) mass is 357 g/mol. The van der Waals surface area contributed by atoms with E-state index in [1.54, 1.807) is 0 Å². The van der Waals surface area contributed by atoms with Gasteiger partial charge in [0.1, 0.15) is 5.82 Å². The number of piperidine rings is 1. The highest BCUT2D eigenvalue weighted by molar-refractivity contribution is 5.98. The normalized spacial score (nSPS) is 18.7. The molecule has 4 heteroatoms. The number of benzene rings is 2. The third kappa shape index (κ3) is 2.55. The topological polar surface area (TPSA) is 45.2 Å². The van der Waals surface area contributed by atoms with Gasteiger partial charge in [-0.05, 0) is 67.7 Å². The Balaban J connectivity index is 1.71. The lowest BCUT2D eigenvalue weighted by Gasteiger charge is -2.49. The van der Waals surface area contributed by atoms with E-state index in [2.05, 4.69) is 54.7 Å². The van der Waals surface area contributed by atoms with Gasteiger partial charge < -0.3 is 5.32 Å². The number of fused-ring (bicyclic) bond motifs is 3. The second-order valence-electron chi connectivity index (χ2n) is 7.71. The Morgan fingerprint density at radius 3 is 2.67 bits per heavy atom. The maximum Gasteiger partial charge on any atom is 0.233 e. The second kappa shape index (κ2) is 6.17. The standard InChI is InChI=1S/C23H23N3O/c1-16-6-7-17-8-9-21(25-20(17)14-16)26-22(27)15-18-4-2-3-5-19(18)23(26)10-12-24-13-11-23/h2-9,14,24H,10-13,15H2,1H3. The SMILES string of the molecule is Cc1ccc2ccc(N3C(=O)Cc4ccccc4C34CCNCC4)nc2c1. The maximum absolute atomic E-state index is 13.3. The molecule has 0 bridgehead atoms. The molecule has 1 saturated heterocycles. The predicted octanol–water partition coefficient (Wildman–Crippen LogP) is 3.71. The second-order valence-corrected chi connectivity index (χ2v) is 7.71. The molecule has 2 aliphatic rings. The van der Waals surface area contributed by atoms with E-state index < -0.39 is 0 Å². The lowest BCUT2D eigenvalue weighted by atomic mass is 9.74. The molecule has 0 atom stereocenters. The minimum Gasteiger partial charge on any atom is -0.317 e. The number of rotatable bonds is 1. The number of carbonyl (C=O) groups is 1. The zero-order chi connectivity index (χ0) is 18.4. The molecular formula is C23H23N3O. The first-order valence-electron chi connectivity index (χ1n) is 9.67. The smallest absolute Gasteiger partial charge is 0.233 e. The molecule has 136 valence electrons. The summed E-state index contributed by atoms with van der Waals surface area (Å²) >= 11 is 0. The summed E-state index contributed by atoms with van der Waals surface area (Å²) in [6, 6.07) is 18.8. The van der Waals surface area contributed by atoms with Crippen molar-refractivity contribution in [3.63, 3.8) is 0 Å². The van der Waals surface area contributed by atoms with Crippen molar-refractivity contribution in [2.45, 2.75) is 31.7 Å². The third-order valence-electron chi connectivity index (χ3n) is 6.03. The van der Waals surface area contributed by atoms with Gasteiger partial charge in [0.25, 0.3) is 0 Å². The summed E-state index contributed by atoms with van der Waals surface area (Å²) in [6.45, 7) is 3.89. The average Bonchev–Trinajstić information content (AvgIpc) is 2.68. The number of pyridine rings is 1. The van der Waals surface area contributed by atoms with Crippen molar-refractivity contribution in [2.24, 2.45) is 0 Å². The van der Waals surface area contributed by atoms with E-state index in [1.807, 2.05) is 17.0 Å². The Bertz CT molecular complexity index is 1040. The molecule has 0 saturated carbocycles. The summed E-state index contributed by atoms with van der Waals surface area (Å²) in [6.07, 6.45) is 2.26. The molecule has 1 aromatic heterocycles. The van der Waals surface area contributed by atoms with Crippen LogP contribution in [0, 0.1) is 6.92 Å². The summed E-state index contributed by atoms with van der Waals surface area (Å²) in [4.78, 5) is 20.2. The van der Waals surface area contributed by atoms with E-state index >= 15 is 0 Å². The Hall–Kier alpha value is -2.72. The fourth-order valence-electron chi connectivity index (χ4n) is 4.75. The highest BCUT2D eigenvalue weighted by Gasteiger charge is 2.47. The Morgan fingerprint density at radius 2 is 1.81 bits per heavy atom. The molecule has 2 aromatic carbocycles. The molecule has 3 heterocycles. The van der Waals surface area contributed by atoms with E-state index in [-0.39, 0.29) is 11.4 Å². The molecule has 0 unspecified atom stereocenters. The number of aromatic nitrogens is 1. The molecule has 1 fully saturated rings. The fraction of sp³-hybridized carbons (Fsp3) is 0.304. The van der Waals surface area contributed by atoms with Gasteiger partial charge in [-0.3, -0.25) is 9.69 Å². The quantitative estimate of drug-likeness (QED) is 0.722. The van der Waals surface area contributed by atoms with Crippen molar-refractivity contribution in [1.82, 2.24) is 10.3 Å². The number of aryl methyl sites for hydroxylation is 1. The first-order valence-corrected chi connectivity index (χ1v) is 9.67. The molecule has 3 aromatic rings. The lowest BCUT2D eigenvalue weighted by Crippen LogP contribution is -2.58. The van der Waals surface area contributed by atoms with Crippen LogP contribution < -0.4 is 10.2 Å². The number of hydrogen-bond donors (Lipinski definition) is 1. The largest absolute Gasteiger partial charge is 0.317 e. The van der Waals surface area contributed by atoms with Crippen LogP contribution in [-0.2, 0) is 16.8 Å². The number of carbonyl (C=O) groups excluding carboxylic acids is 1. The van der Waals surface area contributed by atoms with Crippen LogP contribution in [0.25, 0.3) is 10.9 Å². The van der Waals surface area contributed by atoms with Crippen LogP contribution in [0.3, 0.4) is 0 Å².